The Morgan fingerprint density at radius 1 is 1.60 bits per heavy atom. The van der Waals surface area contributed by atoms with Crippen LogP contribution < -0.4 is 10.0 Å². The third kappa shape index (κ3) is 4.18. The molecule has 0 aliphatic heterocycles. The molecular weight excluding hydrogens is 214 g/mol. The van der Waals surface area contributed by atoms with E-state index in [1.54, 1.807) is 18.3 Å². The molecule has 6 heteroatoms. The first-order chi connectivity index (χ1) is 7.09. The zero-order valence-electron chi connectivity index (χ0n) is 8.56. The fraction of sp³-hybridized carbons (Fsp3) is 0.333. The molecule has 82 valence electrons. The Bertz CT molecular complexity index is 318. The Hall–Kier alpha value is -1.27. The minimum absolute atomic E-state index is 0.0101. The van der Waals surface area contributed by atoms with E-state index in [1.807, 2.05) is 13.8 Å². The number of pyridine rings is 1. The summed E-state index contributed by atoms with van der Waals surface area (Å²) in [5.74, 6) is 0. The summed E-state index contributed by atoms with van der Waals surface area (Å²) in [6, 6.07) is 2.86. The molecule has 2 amide bonds. The van der Waals surface area contributed by atoms with Crippen molar-refractivity contribution < 1.29 is 9.35 Å². The Labute approximate surface area is 91.6 Å². The van der Waals surface area contributed by atoms with Gasteiger partial charge in [-0.3, -0.25) is 4.98 Å². The lowest BCUT2D eigenvalue weighted by atomic mass is 10.4. The standard InChI is InChI=1S/C9H13N3O2S/c1-7(2)11-9(13)12-15(14)8-4-3-5-10-6-8/h3-7H,1-2H3,(H2,11,12,13). The van der Waals surface area contributed by atoms with Gasteiger partial charge >= 0.3 is 6.03 Å². The van der Waals surface area contributed by atoms with E-state index in [1.165, 1.54) is 6.20 Å². The van der Waals surface area contributed by atoms with Gasteiger partial charge in [0.1, 0.15) is 11.4 Å². The third-order valence-corrected chi connectivity index (χ3v) is 2.49. The molecule has 1 rings (SSSR count). The van der Waals surface area contributed by atoms with E-state index in [4.69, 9.17) is 0 Å². The lowest BCUT2D eigenvalue weighted by molar-refractivity contribution is 0.243. The molecular formula is C9H13N3O2S. The van der Waals surface area contributed by atoms with Gasteiger partial charge in [-0.1, -0.05) is 0 Å². The van der Waals surface area contributed by atoms with Crippen molar-refractivity contribution in [1.29, 1.82) is 0 Å². The topological polar surface area (TPSA) is 77.1 Å². The van der Waals surface area contributed by atoms with Gasteiger partial charge in [0.15, 0.2) is 4.90 Å². The van der Waals surface area contributed by atoms with Crippen LogP contribution in [0.2, 0.25) is 0 Å². The van der Waals surface area contributed by atoms with E-state index in [0.717, 1.165) is 0 Å². The van der Waals surface area contributed by atoms with Crippen molar-refractivity contribution in [3.05, 3.63) is 24.5 Å². The Morgan fingerprint density at radius 3 is 2.87 bits per heavy atom. The van der Waals surface area contributed by atoms with Gasteiger partial charge in [0, 0.05) is 12.2 Å². The van der Waals surface area contributed by atoms with Gasteiger partial charge in [0.05, 0.1) is 6.20 Å². The molecule has 0 aromatic carbocycles. The van der Waals surface area contributed by atoms with Crippen LogP contribution in [-0.4, -0.2) is 21.6 Å². The highest BCUT2D eigenvalue weighted by Crippen LogP contribution is 2.04. The molecule has 15 heavy (non-hydrogen) atoms. The SMILES string of the molecule is CC(C)NC(=O)N[S+]([O-])c1cccnc1. The maximum Gasteiger partial charge on any atom is 0.356 e. The number of aromatic nitrogens is 1. The molecule has 0 bridgehead atoms. The van der Waals surface area contributed by atoms with Crippen LogP contribution in [0.4, 0.5) is 4.79 Å². The highest BCUT2D eigenvalue weighted by Gasteiger charge is 2.15. The lowest BCUT2D eigenvalue weighted by Gasteiger charge is -2.12. The number of carbonyl (C=O) groups is 1. The Balaban J connectivity index is 2.49. The van der Waals surface area contributed by atoms with E-state index in [-0.39, 0.29) is 6.04 Å². The Kier molecular flexibility index (Phi) is 4.38. The average molecular weight is 227 g/mol. The lowest BCUT2D eigenvalue weighted by Crippen LogP contribution is -2.42. The summed E-state index contributed by atoms with van der Waals surface area (Å²) in [6.45, 7) is 3.65. The molecule has 0 aliphatic carbocycles. The number of nitrogens with one attached hydrogen (secondary N) is 2. The van der Waals surface area contributed by atoms with Crippen LogP contribution >= 0.6 is 0 Å². The zero-order valence-corrected chi connectivity index (χ0v) is 9.38. The molecule has 0 aliphatic rings. The van der Waals surface area contributed by atoms with Crippen molar-refractivity contribution in [1.82, 2.24) is 15.0 Å². The van der Waals surface area contributed by atoms with E-state index in [9.17, 15) is 9.35 Å². The van der Waals surface area contributed by atoms with Crippen molar-refractivity contribution in [2.45, 2.75) is 24.8 Å². The van der Waals surface area contributed by atoms with Gasteiger partial charge in [-0.25, -0.2) is 4.79 Å². The molecule has 0 spiro atoms. The summed E-state index contributed by atoms with van der Waals surface area (Å²) in [4.78, 5) is 15.5. The quantitative estimate of drug-likeness (QED) is 0.750. The highest BCUT2D eigenvalue weighted by atomic mass is 32.2. The number of hydrogen-bond donors (Lipinski definition) is 2. The monoisotopic (exact) mass is 227 g/mol. The summed E-state index contributed by atoms with van der Waals surface area (Å²) in [5, 5.41) is 2.58. The average Bonchev–Trinajstić information content (AvgIpc) is 2.17. The van der Waals surface area contributed by atoms with E-state index in [0.29, 0.717) is 4.90 Å². The van der Waals surface area contributed by atoms with Crippen molar-refractivity contribution in [3.8, 4) is 0 Å². The molecule has 2 N–H and O–H groups in total. The Morgan fingerprint density at radius 2 is 2.33 bits per heavy atom. The van der Waals surface area contributed by atoms with Crippen molar-refractivity contribution in [3.63, 3.8) is 0 Å². The van der Waals surface area contributed by atoms with Crippen LogP contribution in [0.3, 0.4) is 0 Å². The van der Waals surface area contributed by atoms with Gasteiger partial charge in [-0.2, -0.15) is 0 Å². The molecule has 1 atom stereocenters. The van der Waals surface area contributed by atoms with E-state index >= 15 is 0 Å². The van der Waals surface area contributed by atoms with Crippen LogP contribution in [0.25, 0.3) is 0 Å². The molecule has 1 aromatic rings. The maximum absolute atomic E-state index is 11.5. The second-order valence-electron chi connectivity index (χ2n) is 3.19. The number of amides is 2. The second kappa shape index (κ2) is 5.57. The largest absolute Gasteiger partial charge is 0.588 e. The number of nitrogens with zero attached hydrogens (tertiary/aromatic N) is 1. The van der Waals surface area contributed by atoms with Gasteiger partial charge in [-0.05, 0) is 26.0 Å². The summed E-state index contributed by atoms with van der Waals surface area (Å²) in [5.41, 5.74) is 0. The molecule has 0 fully saturated rings. The van der Waals surface area contributed by atoms with Crippen LogP contribution in [-0.2, 0) is 11.4 Å². The molecule has 0 saturated carbocycles. The van der Waals surface area contributed by atoms with Gasteiger partial charge < -0.3 is 9.87 Å². The number of urea groups is 1. The van der Waals surface area contributed by atoms with Crippen LogP contribution in [0.1, 0.15) is 13.8 Å². The van der Waals surface area contributed by atoms with Gasteiger partial charge in [-0.15, -0.1) is 4.72 Å². The summed E-state index contributed by atoms with van der Waals surface area (Å²) in [7, 11) is 0. The predicted molar refractivity (Wildman–Crippen MR) is 57.4 cm³/mol. The minimum atomic E-state index is -1.55. The van der Waals surface area contributed by atoms with E-state index < -0.39 is 17.4 Å². The first-order valence-corrected chi connectivity index (χ1v) is 5.63. The van der Waals surface area contributed by atoms with Crippen molar-refractivity contribution in [2.75, 3.05) is 0 Å². The van der Waals surface area contributed by atoms with E-state index in [2.05, 4.69) is 15.0 Å². The first kappa shape index (κ1) is 11.8. The summed E-state index contributed by atoms with van der Waals surface area (Å²) >= 11 is -1.55. The molecule has 0 radical (unpaired) electrons. The van der Waals surface area contributed by atoms with Gasteiger partial charge in [0.2, 0.25) is 0 Å². The zero-order chi connectivity index (χ0) is 11.3. The fourth-order valence-corrected chi connectivity index (χ4v) is 1.60. The second-order valence-corrected chi connectivity index (χ2v) is 4.40. The fourth-order valence-electron chi connectivity index (χ4n) is 0.892. The number of carbonyl (C=O) groups excluding carboxylic acids is 1. The normalized spacial score (nSPS) is 12.3. The molecule has 5 nitrogen and oxygen atoms in total. The van der Waals surface area contributed by atoms with Crippen LogP contribution in [0.15, 0.2) is 29.4 Å². The highest BCUT2D eigenvalue weighted by molar-refractivity contribution is 7.90. The predicted octanol–water partition coefficient (Wildman–Crippen LogP) is 0.812. The molecule has 1 aromatic heterocycles. The molecule has 1 heterocycles. The smallest absolute Gasteiger partial charge is 0.356 e. The molecule has 1 unspecified atom stereocenters. The molecule has 0 saturated heterocycles. The van der Waals surface area contributed by atoms with Crippen LogP contribution in [0.5, 0.6) is 0 Å². The minimum Gasteiger partial charge on any atom is -0.588 e. The summed E-state index contributed by atoms with van der Waals surface area (Å²) < 4.78 is 13.8. The van der Waals surface area contributed by atoms with Crippen LogP contribution in [0, 0.1) is 0 Å². The third-order valence-electron chi connectivity index (χ3n) is 1.45. The first-order valence-electron chi connectivity index (χ1n) is 4.48. The number of rotatable bonds is 3. The van der Waals surface area contributed by atoms with Crippen molar-refractivity contribution in [2.24, 2.45) is 0 Å². The number of hydrogen-bond acceptors (Lipinski definition) is 3. The summed E-state index contributed by atoms with van der Waals surface area (Å²) in [6.07, 6.45) is 3.03. The van der Waals surface area contributed by atoms with Crippen molar-refractivity contribution >= 4 is 17.4 Å². The van der Waals surface area contributed by atoms with Gasteiger partial charge in [0.25, 0.3) is 0 Å². The maximum atomic E-state index is 11.5.